The van der Waals surface area contributed by atoms with Crippen molar-refractivity contribution in [2.24, 2.45) is 5.73 Å². The summed E-state index contributed by atoms with van der Waals surface area (Å²) in [6, 6.07) is 5.17. The molecule has 8 heteroatoms. The zero-order valence-electron chi connectivity index (χ0n) is 16.8. The molecule has 1 aromatic rings. The van der Waals surface area contributed by atoms with Gasteiger partial charge < -0.3 is 25.0 Å². The molecule has 0 radical (unpaired) electrons. The Morgan fingerprint density at radius 3 is 2.14 bits per heavy atom. The van der Waals surface area contributed by atoms with Crippen LogP contribution in [0.1, 0.15) is 42.5 Å². The number of halogens is 1. The van der Waals surface area contributed by atoms with E-state index in [0.29, 0.717) is 56.2 Å². The van der Waals surface area contributed by atoms with Crippen LogP contribution in [0.15, 0.2) is 18.2 Å². The molecule has 7 nitrogen and oxygen atoms in total. The van der Waals surface area contributed by atoms with Gasteiger partial charge in [0.05, 0.1) is 14.2 Å². The quantitative estimate of drug-likeness (QED) is 0.628. The lowest BCUT2D eigenvalue weighted by atomic mass is 10.1. The fraction of sp³-hybridized carbons (Fsp3) is 0.600. The molecule has 0 bridgehead atoms. The van der Waals surface area contributed by atoms with Crippen LogP contribution in [0.4, 0.5) is 0 Å². The van der Waals surface area contributed by atoms with Crippen molar-refractivity contribution >= 4 is 24.2 Å². The van der Waals surface area contributed by atoms with Crippen molar-refractivity contribution in [1.82, 2.24) is 9.80 Å². The molecule has 1 aromatic carbocycles. The Balaban J connectivity index is 0.00000392. The van der Waals surface area contributed by atoms with Gasteiger partial charge in [-0.15, -0.1) is 12.4 Å². The van der Waals surface area contributed by atoms with Crippen molar-refractivity contribution in [3.8, 4) is 11.5 Å². The number of piperazine rings is 1. The third-order valence-electron chi connectivity index (χ3n) is 4.89. The Kier molecular flexibility index (Phi) is 10.7. The zero-order chi connectivity index (χ0) is 19.6. The highest BCUT2D eigenvalue weighted by Gasteiger charge is 2.25. The smallest absolute Gasteiger partial charge is 0.254 e. The minimum atomic E-state index is -0.0511. The number of methoxy groups -OCH3 is 2. The lowest BCUT2D eigenvalue weighted by molar-refractivity contribution is -0.132. The molecule has 1 saturated heterocycles. The number of unbranched alkanes of at least 4 members (excludes halogenated alkanes) is 3. The first-order chi connectivity index (χ1) is 13.1. The van der Waals surface area contributed by atoms with E-state index < -0.39 is 0 Å². The maximum absolute atomic E-state index is 12.7. The summed E-state index contributed by atoms with van der Waals surface area (Å²) in [5.74, 6) is 1.26. The van der Waals surface area contributed by atoms with Crippen LogP contribution in [-0.4, -0.2) is 68.6 Å². The number of amides is 2. The van der Waals surface area contributed by atoms with Gasteiger partial charge in [0.15, 0.2) is 11.5 Å². The number of hydrogen-bond acceptors (Lipinski definition) is 5. The molecule has 0 unspecified atom stereocenters. The van der Waals surface area contributed by atoms with E-state index in [-0.39, 0.29) is 24.2 Å². The molecule has 158 valence electrons. The molecule has 1 fully saturated rings. The van der Waals surface area contributed by atoms with Crippen LogP contribution in [0, 0.1) is 0 Å². The number of carbonyl (C=O) groups excluding carboxylic acids is 2. The van der Waals surface area contributed by atoms with Crippen molar-refractivity contribution in [2.75, 3.05) is 46.9 Å². The van der Waals surface area contributed by atoms with E-state index >= 15 is 0 Å². The number of hydrogen-bond donors (Lipinski definition) is 1. The van der Waals surface area contributed by atoms with Crippen molar-refractivity contribution in [3.63, 3.8) is 0 Å². The van der Waals surface area contributed by atoms with Gasteiger partial charge in [-0.1, -0.05) is 12.8 Å². The summed E-state index contributed by atoms with van der Waals surface area (Å²) in [6.45, 7) is 2.98. The van der Waals surface area contributed by atoms with E-state index in [9.17, 15) is 9.59 Å². The molecule has 0 saturated carbocycles. The molecule has 2 N–H and O–H groups in total. The van der Waals surface area contributed by atoms with Crippen molar-refractivity contribution < 1.29 is 19.1 Å². The maximum atomic E-state index is 12.7. The fourth-order valence-electron chi connectivity index (χ4n) is 3.24. The summed E-state index contributed by atoms with van der Waals surface area (Å²) >= 11 is 0. The van der Waals surface area contributed by atoms with Gasteiger partial charge in [0.2, 0.25) is 5.91 Å². The highest BCUT2D eigenvalue weighted by Crippen LogP contribution is 2.28. The predicted octanol–water partition coefficient (Wildman–Crippen LogP) is 2.32. The highest BCUT2D eigenvalue weighted by atomic mass is 35.5. The number of benzene rings is 1. The topological polar surface area (TPSA) is 85.1 Å². The number of nitrogens with zero attached hydrogens (tertiary/aromatic N) is 2. The molecule has 0 aromatic heterocycles. The van der Waals surface area contributed by atoms with Crippen LogP contribution >= 0.6 is 12.4 Å². The van der Waals surface area contributed by atoms with E-state index in [1.807, 2.05) is 4.90 Å². The molecule has 1 aliphatic heterocycles. The molecule has 2 rings (SSSR count). The van der Waals surface area contributed by atoms with Gasteiger partial charge in [-0.3, -0.25) is 9.59 Å². The minimum absolute atomic E-state index is 0. The van der Waals surface area contributed by atoms with E-state index in [0.717, 1.165) is 25.7 Å². The lowest BCUT2D eigenvalue weighted by Crippen LogP contribution is -2.50. The standard InChI is InChI=1S/C20H31N3O4.ClH/c1-26-17-9-8-16(15-18(17)27-2)20(25)23-13-11-22(12-14-23)19(24)7-5-3-4-6-10-21;/h8-9,15H,3-7,10-14,21H2,1-2H3;1H. The fourth-order valence-corrected chi connectivity index (χ4v) is 3.24. The third kappa shape index (κ3) is 6.56. The largest absolute Gasteiger partial charge is 0.493 e. The van der Waals surface area contributed by atoms with Crippen LogP contribution < -0.4 is 15.2 Å². The second-order valence-electron chi connectivity index (χ2n) is 6.70. The first-order valence-electron chi connectivity index (χ1n) is 9.59. The molecule has 2 amide bonds. The summed E-state index contributed by atoms with van der Waals surface area (Å²) in [7, 11) is 3.11. The predicted molar refractivity (Wildman–Crippen MR) is 111 cm³/mol. The Morgan fingerprint density at radius 2 is 1.54 bits per heavy atom. The summed E-state index contributed by atoms with van der Waals surface area (Å²) in [5.41, 5.74) is 6.04. The zero-order valence-corrected chi connectivity index (χ0v) is 17.6. The average Bonchev–Trinajstić information content (AvgIpc) is 2.72. The van der Waals surface area contributed by atoms with Crippen LogP contribution in [0.3, 0.4) is 0 Å². The Labute approximate surface area is 173 Å². The monoisotopic (exact) mass is 413 g/mol. The third-order valence-corrected chi connectivity index (χ3v) is 4.89. The molecule has 0 aliphatic carbocycles. The van der Waals surface area contributed by atoms with Crippen LogP contribution in [-0.2, 0) is 4.79 Å². The Hall–Kier alpha value is -1.99. The number of carbonyl (C=O) groups is 2. The molecular formula is C20H32ClN3O4. The van der Waals surface area contributed by atoms with E-state index in [4.69, 9.17) is 15.2 Å². The summed E-state index contributed by atoms with van der Waals surface area (Å²) in [5, 5.41) is 0. The minimum Gasteiger partial charge on any atom is -0.493 e. The van der Waals surface area contributed by atoms with E-state index in [2.05, 4.69) is 0 Å². The SMILES string of the molecule is COc1ccc(C(=O)N2CCN(C(=O)CCCCCCN)CC2)cc1OC.Cl. The second-order valence-corrected chi connectivity index (χ2v) is 6.70. The first kappa shape index (κ1) is 24.0. The average molecular weight is 414 g/mol. The molecule has 0 spiro atoms. The first-order valence-corrected chi connectivity index (χ1v) is 9.59. The molecular weight excluding hydrogens is 382 g/mol. The van der Waals surface area contributed by atoms with E-state index in [1.54, 1.807) is 37.3 Å². The number of nitrogens with two attached hydrogens (primary N) is 1. The molecule has 28 heavy (non-hydrogen) atoms. The summed E-state index contributed by atoms with van der Waals surface area (Å²) < 4.78 is 10.5. The van der Waals surface area contributed by atoms with Gasteiger partial charge in [0.1, 0.15) is 0 Å². The van der Waals surface area contributed by atoms with Crippen molar-refractivity contribution in [3.05, 3.63) is 23.8 Å². The van der Waals surface area contributed by atoms with Gasteiger partial charge >= 0.3 is 0 Å². The Morgan fingerprint density at radius 1 is 0.929 bits per heavy atom. The normalized spacial score (nSPS) is 13.7. The van der Waals surface area contributed by atoms with Gasteiger partial charge in [0, 0.05) is 38.2 Å². The number of ether oxygens (including phenoxy) is 2. The highest BCUT2D eigenvalue weighted by molar-refractivity contribution is 5.95. The maximum Gasteiger partial charge on any atom is 0.254 e. The summed E-state index contributed by atoms with van der Waals surface area (Å²) in [4.78, 5) is 28.7. The van der Waals surface area contributed by atoms with Crippen LogP contribution in [0.2, 0.25) is 0 Å². The van der Waals surface area contributed by atoms with Crippen molar-refractivity contribution in [1.29, 1.82) is 0 Å². The molecule has 1 heterocycles. The van der Waals surface area contributed by atoms with Crippen LogP contribution in [0.5, 0.6) is 11.5 Å². The van der Waals surface area contributed by atoms with Crippen molar-refractivity contribution in [2.45, 2.75) is 32.1 Å². The lowest BCUT2D eigenvalue weighted by Gasteiger charge is -2.35. The second kappa shape index (κ2) is 12.5. The Bertz CT molecular complexity index is 634. The van der Waals surface area contributed by atoms with Gasteiger partial charge in [-0.05, 0) is 37.6 Å². The van der Waals surface area contributed by atoms with Gasteiger partial charge in [-0.2, -0.15) is 0 Å². The van der Waals surface area contributed by atoms with Crippen LogP contribution in [0.25, 0.3) is 0 Å². The van der Waals surface area contributed by atoms with Gasteiger partial charge in [0.25, 0.3) is 5.91 Å². The van der Waals surface area contributed by atoms with E-state index in [1.165, 1.54) is 0 Å². The van der Waals surface area contributed by atoms with Gasteiger partial charge in [-0.25, -0.2) is 0 Å². The number of rotatable bonds is 9. The summed E-state index contributed by atoms with van der Waals surface area (Å²) in [6.07, 6.45) is 4.63. The molecule has 0 atom stereocenters. The molecule has 1 aliphatic rings.